The summed E-state index contributed by atoms with van der Waals surface area (Å²) in [5.41, 5.74) is 2.18. The first-order valence-electron chi connectivity index (χ1n) is 17.1. The van der Waals surface area contributed by atoms with Gasteiger partial charge >= 0.3 is 0 Å². The van der Waals surface area contributed by atoms with Crippen LogP contribution >= 0.6 is 0 Å². The van der Waals surface area contributed by atoms with Crippen LogP contribution in [0.1, 0.15) is 112 Å². The van der Waals surface area contributed by atoms with Crippen molar-refractivity contribution in [2.45, 2.75) is 149 Å². The summed E-state index contributed by atoms with van der Waals surface area (Å²) < 4.78 is 12.3. The van der Waals surface area contributed by atoms with Gasteiger partial charge in [-0.3, -0.25) is 4.79 Å². The van der Waals surface area contributed by atoms with E-state index in [1.165, 1.54) is 63.9 Å². The van der Waals surface area contributed by atoms with E-state index in [0.29, 0.717) is 5.41 Å². The molecule has 0 aromatic rings. The van der Waals surface area contributed by atoms with E-state index >= 15 is 0 Å². The van der Waals surface area contributed by atoms with Crippen LogP contribution in [0, 0.1) is 46.3 Å². The van der Waals surface area contributed by atoms with E-state index in [1.54, 1.807) is 0 Å². The largest absolute Gasteiger partial charge is 0.394 e. The molecule has 3 saturated carbocycles. The van der Waals surface area contributed by atoms with Gasteiger partial charge in [0.2, 0.25) is 5.91 Å². The highest BCUT2D eigenvalue weighted by Gasteiger charge is 2.59. The molecule has 5 aliphatic rings. The fourth-order valence-corrected chi connectivity index (χ4v) is 10.5. The highest BCUT2D eigenvalue weighted by Crippen LogP contribution is 2.67. The quantitative estimate of drug-likeness (QED) is 0.270. The maximum absolute atomic E-state index is 11.9. The second-order valence-corrected chi connectivity index (χ2v) is 15.7. The Morgan fingerprint density at radius 1 is 1.07 bits per heavy atom. The standard InChI is InChI=1S/C35H59NO6/c1-20(2)8-7-9-21(3)26-12-13-27-25-11-10-23-18-24(14-16-34(23,5)28(25)15-17-35(26,27)6)41-33-30(36-22(4)38)32(40)31(39)29(19-37)42-33/h10,20-21,24-33,37,39-40H,7-9,11-19H2,1-6H3,(H,36,38). The molecule has 1 amide bonds. The van der Waals surface area contributed by atoms with Gasteiger partial charge < -0.3 is 30.1 Å². The van der Waals surface area contributed by atoms with Crippen molar-refractivity contribution in [3.8, 4) is 0 Å². The molecule has 1 saturated heterocycles. The Balaban J connectivity index is 1.26. The lowest BCUT2D eigenvalue weighted by Gasteiger charge is -2.58. The smallest absolute Gasteiger partial charge is 0.217 e. The number of hydrogen-bond acceptors (Lipinski definition) is 6. The number of allylic oxidation sites excluding steroid dienone is 1. The number of ether oxygens (including phenoxy) is 2. The third-order valence-corrected chi connectivity index (χ3v) is 12.8. The van der Waals surface area contributed by atoms with E-state index in [1.807, 2.05) is 0 Å². The molecule has 1 aliphatic heterocycles. The number of rotatable bonds is 9. The molecule has 7 heteroatoms. The number of nitrogens with one attached hydrogen (secondary N) is 1. The summed E-state index contributed by atoms with van der Waals surface area (Å²) in [7, 11) is 0. The summed E-state index contributed by atoms with van der Waals surface area (Å²) >= 11 is 0. The second kappa shape index (κ2) is 12.8. The van der Waals surface area contributed by atoms with Gasteiger partial charge in [0.15, 0.2) is 6.29 Å². The highest BCUT2D eigenvalue weighted by molar-refractivity contribution is 5.73. The monoisotopic (exact) mass is 589 g/mol. The van der Waals surface area contributed by atoms with Crippen LogP contribution in [0.15, 0.2) is 11.6 Å². The Morgan fingerprint density at radius 2 is 1.83 bits per heavy atom. The van der Waals surface area contributed by atoms with Gasteiger partial charge in [0.25, 0.3) is 0 Å². The first kappa shape index (κ1) is 32.4. The fourth-order valence-electron chi connectivity index (χ4n) is 10.5. The van der Waals surface area contributed by atoms with Gasteiger partial charge in [-0.05, 0) is 97.7 Å². The van der Waals surface area contributed by atoms with Crippen molar-refractivity contribution in [2.24, 2.45) is 46.3 Å². The van der Waals surface area contributed by atoms with E-state index in [9.17, 15) is 20.1 Å². The van der Waals surface area contributed by atoms with E-state index in [4.69, 9.17) is 9.47 Å². The Kier molecular flexibility index (Phi) is 9.86. The third-order valence-electron chi connectivity index (χ3n) is 12.8. The van der Waals surface area contributed by atoms with Crippen molar-refractivity contribution in [1.82, 2.24) is 5.32 Å². The number of carbonyl (C=O) groups is 1. The predicted molar refractivity (Wildman–Crippen MR) is 163 cm³/mol. The molecular weight excluding hydrogens is 530 g/mol. The predicted octanol–water partition coefficient (Wildman–Crippen LogP) is 5.36. The molecule has 42 heavy (non-hydrogen) atoms. The summed E-state index contributed by atoms with van der Waals surface area (Å²) in [5.74, 6) is 4.48. The minimum Gasteiger partial charge on any atom is -0.394 e. The average molecular weight is 590 g/mol. The number of fused-ring (bicyclic) bond motifs is 5. The van der Waals surface area contributed by atoms with Crippen LogP contribution in [0.5, 0.6) is 0 Å². The van der Waals surface area contributed by atoms with E-state index in [-0.39, 0.29) is 17.4 Å². The summed E-state index contributed by atoms with van der Waals surface area (Å²) in [6.07, 6.45) is 11.5. The molecule has 0 spiro atoms. The molecule has 5 rings (SSSR count). The molecule has 13 unspecified atom stereocenters. The molecule has 0 radical (unpaired) electrons. The van der Waals surface area contributed by atoms with Crippen LogP contribution in [0.3, 0.4) is 0 Å². The number of aliphatic hydroxyl groups is 3. The van der Waals surface area contributed by atoms with Crippen molar-refractivity contribution < 1.29 is 29.6 Å². The first-order valence-corrected chi connectivity index (χ1v) is 17.1. The van der Waals surface area contributed by atoms with Crippen molar-refractivity contribution >= 4 is 5.91 Å². The Labute approximate surface area is 254 Å². The average Bonchev–Trinajstić information content (AvgIpc) is 3.29. The first-order chi connectivity index (χ1) is 19.9. The normalized spacial score (nSPS) is 45.9. The zero-order chi connectivity index (χ0) is 30.4. The molecule has 4 fully saturated rings. The van der Waals surface area contributed by atoms with Crippen LogP contribution in [-0.2, 0) is 14.3 Å². The van der Waals surface area contributed by atoms with Crippen LogP contribution in [0.2, 0.25) is 0 Å². The lowest BCUT2D eigenvalue weighted by atomic mass is 9.47. The zero-order valence-corrected chi connectivity index (χ0v) is 27.1. The molecule has 240 valence electrons. The minimum absolute atomic E-state index is 0.0969. The van der Waals surface area contributed by atoms with Crippen LogP contribution in [0.4, 0.5) is 0 Å². The van der Waals surface area contributed by atoms with Gasteiger partial charge in [-0.2, -0.15) is 0 Å². The van der Waals surface area contributed by atoms with E-state index in [2.05, 4.69) is 46.0 Å². The van der Waals surface area contributed by atoms with Crippen LogP contribution in [0.25, 0.3) is 0 Å². The van der Waals surface area contributed by atoms with Gasteiger partial charge in [0.05, 0.1) is 12.7 Å². The topological polar surface area (TPSA) is 108 Å². The molecule has 7 nitrogen and oxygen atoms in total. The number of carbonyl (C=O) groups excluding carboxylic acids is 1. The van der Waals surface area contributed by atoms with Crippen molar-refractivity contribution in [2.75, 3.05) is 6.61 Å². The van der Waals surface area contributed by atoms with Gasteiger partial charge in [-0.25, -0.2) is 0 Å². The lowest BCUT2D eigenvalue weighted by molar-refractivity contribution is -0.284. The molecule has 0 aromatic carbocycles. The Bertz CT molecular complexity index is 985. The second-order valence-electron chi connectivity index (χ2n) is 15.7. The molecule has 1 heterocycles. The molecule has 4 aliphatic carbocycles. The minimum atomic E-state index is -1.30. The van der Waals surface area contributed by atoms with E-state index < -0.39 is 37.3 Å². The lowest BCUT2D eigenvalue weighted by Crippen LogP contribution is -2.65. The van der Waals surface area contributed by atoms with Crippen LogP contribution in [-0.4, -0.2) is 64.6 Å². The number of hydrogen-bond donors (Lipinski definition) is 4. The molecule has 0 aromatic heterocycles. The maximum atomic E-state index is 11.9. The summed E-state index contributed by atoms with van der Waals surface area (Å²) in [6.45, 7) is 13.3. The van der Waals surface area contributed by atoms with Crippen molar-refractivity contribution in [3.63, 3.8) is 0 Å². The molecule has 0 bridgehead atoms. The Hall–Kier alpha value is -0.990. The fraction of sp³-hybridized carbons (Fsp3) is 0.914. The maximum Gasteiger partial charge on any atom is 0.217 e. The van der Waals surface area contributed by atoms with Gasteiger partial charge in [0.1, 0.15) is 24.4 Å². The third kappa shape index (κ3) is 5.99. The van der Waals surface area contributed by atoms with Crippen molar-refractivity contribution in [1.29, 1.82) is 0 Å². The van der Waals surface area contributed by atoms with Crippen molar-refractivity contribution in [3.05, 3.63) is 11.6 Å². The van der Waals surface area contributed by atoms with Gasteiger partial charge in [-0.1, -0.05) is 65.5 Å². The molecule has 4 N–H and O–H groups in total. The SMILES string of the molecule is CC(=O)NC1C(OC2CCC3(C)C(=CCC4C3CCC3(C)C(C(C)CCCC(C)C)CCC43)C2)OC(CO)C(O)C1O. The number of aliphatic hydroxyl groups excluding tert-OH is 3. The Morgan fingerprint density at radius 3 is 2.52 bits per heavy atom. The number of amides is 1. The summed E-state index contributed by atoms with van der Waals surface area (Å²) in [4.78, 5) is 11.9. The molecular formula is C35H59NO6. The highest BCUT2D eigenvalue weighted by atomic mass is 16.7. The zero-order valence-electron chi connectivity index (χ0n) is 27.1. The van der Waals surface area contributed by atoms with E-state index in [0.717, 1.165) is 54.8 Å². The van der Waals surface area contributed by atoms with Gasteiger partial charge in [0, 0.05) is 6.92 Å². The summed E-state index contributed by atoms with van der Waals surface area (Å²) in [5, 5.41) is 33.5. The summed E-state index contributed by atoms with van der Waals surface area (Å²) in [6, 6.07) is -0.891. The van der Waals surface area contributed by atoms with Gasteiger partial charge in [-0.15, -0.1) is 0 Å². The van der Waals surface area contributed by atoms with Crippen LogP contribution < -0.4 is 5.32 Å². The molecule has 13 atom stereocenters.